The van der Waals surface area contributed by atoms with E-state index < -0.39 is 0 Å². The third-order valence-electron chi connectivity index (χ3n) is 3.66. The molecule has 110 valence electrons. The Bertz CT molecular complexity index is 428. The van der Waals surface area contributed by atoms with Crippen LogP contribution < -0.4 is 5.32 Å². The van der Waals surface area contributed by atoms with Crippen molar-refractivity contribution in [2.75, 3.05) is 26.8 Å². The molecule has 0 spiro atoms. The topological polar surface area (TPSA) is 41.6 Å². The van der Waals surface area contributed by atoms with E-state index in [9.17, 15) is 9.18 Å². The lowest BCUT2D eigenvalue weighted by Gasteiger charge is -2.31. The van der Waals surface area contributed by atoms with Crippen molar-refractivity contribution >= 4 is 6.03 Å². The number of hydrogen-bond donors (Lipinski definition) is 1. The Morgan fingerprint density at radius 1 is 1.35 bits per heavy atom. The molecule has 1 aliphatic heterocycles. The van der Waals surface area contributed by atoms with Gasteiger partial charge in [-0.25, -0.2) is 9.18 Å². The lowest BCUT2D eigenvalue weighted by Crippen LogP contribution is -2.44. The van der Waals surface area contributed by atoms with E-state index in [0.29, 0.717) is 12.5 Å². The maximum absolute atomic E-state index is 12.8. The predicted molar refractivity (Wildman–Crippen MR) is 74.8 cm³/mol. The summed E-state index contributed by atoms with van der Waals surface area (Å²) in [5.74, 6) is 0.293. The summed E-state index contributed by atoms with van der Waals surface area (Å²) >= 11 is 0. The second kappa shape index (κ2) is 7.24. The van der Waals surface area contributed by atoms with Crippen molar-refractivity contribution in [3.05, 3.63) is 35.6 Å². The van der Waals surface area contributed by atoms with Gasteiger partial charge in [0.2, 0.25) is 0 Å². The molecule has 0 aliphatic carbocycles. The number of amides is 2. The number of hydrogen-bond acceptors (Lipinski definition) is 2. The number of halogens is 1. The van der Waals surface area contributed by atoms with Crippen molar-refractivity contribution in [1.29, 1.82) is 0 Å². The highest BCUT2D eigenvalue weighted by Crippen LogP contribution is 2.17. The van der Waals surface area contributed by atoms with E-state index in [1.807, 2.05) is 4.90 Å². The SMILES string of the molecule is COCC1CCN(C(=O)NCc2ccc(F)cc2)CC1. The number of urea groups is 1. The molecular weight excluding hydrogens is 259 g/mol. The molecule has 2 rings (SSSR count). The van der Waals surface area contributed by atoms with Crippen LogP contribution in [0.25, 0.3) is 0 Å². The van der Waals surface area contributed by atoms with Crippen molar-refractivity contribution in [2.24, 2.45) is 5.92 Å². The van der Waals surface area contributed by atoms with E-state index in [2.05, 4.69) is 5.32 Å². The molecule has 1 aromatic rings. The van der Waals surface area contributed by atoms with Crippen molar-refractivity contribution < 1.29 is 13.9 Å². The van der Waals surface area contributed by atoms with Gasteiger partial charge in [0, 0.05) is 33.4 Å². The Morgan fingerprint density at radius 2 is 2.00 bits per heavy atom. The zero-order valence-electron chi connectivity index (χ0n) is 11.8. The summed E-state index contributed by atoms with van der Waals surface area (Å²) in [6, 6.07) is 6.11. The summed E-state index contributed by atoms with van der Waals surface area (Å²) in [7, 11) is 1.71. The summed E-state index contributed by atoms with van der Waals surface area (Å²) in [5, 5.41) is 2.87. The molecule has 0 bridgehead atoms. The van der Waals surface area contributed by atoms with Crippen LogP contribution in [-0.2, 0) is 11.3 Å². The van der Waals surface area contributed by atoms with Gasteiger partial charge in [-0.2, -0.15) is 0 Å². The molecule has 2 amide bonds. The minimum absolute atomic E-state index is 0.0507. The quantitative estimate of drug-likeness (QED) is 0.920. The largest absolute Gasteiger partial charge is 0.384 e. The van der Waals surface area contributed by atoms with Gasteiger partial charge in [-0.05, 0) is 36.5 Å². The number of methoxy groups -OCH3 is 1. The molecule has 0 saturated carbocycles. The summed E-state index contributed by atoms with van der Waals surface area (Å²) in [6.07, 6.45) is 1.97. The van der Waals surface area contributed by atoms with Crippen LogP contribution in [0, 0.1) is 11.7 Å². The maximum Gasteiger partial charge on any atom is 0.317 e. The third-order valence-corrected chi connectivity index (χ3v) is 3.66. The number of carbonyl (C=O) groups excluding carboxylic acids is 1. The van der Waals surface area contributed by atoms with Crippen LogP contribution >= 0.6 is 0 Å². The van der Waals surface area contributed by atoms with Crippen LogP contribution in [0.3, 0.4) is 0 Å². The van der Waals surface area contributed by atoms with Gasteiger partial charge in [0.1, 0.15) is 5.82 Å². The van der Waals surface area contributed by atoms with Gasteiger partial charge in [-0.15, -0.1) is 0 Å². The van der Waals surface area contributed by atoms with Crippen LogP contribution in [0.5, 0.6) is 0 Å². The number of rotatable bonds is 4. The zero-order valence-corrected chi connectivity index (χ0v) is 11.8. The number of carbonyl (C=O) groups is 1. The Kier molecular flexibility index (Phi) is 5.35. The highest BCUT2D eigenvalue weighted by Gasteiger charge is 2.22. The van der Waals surface area contributed by atoms with Gasteiger partial charge in [0.05, 0.1) is 0 Å². The molecule has 1 saturated heterocycles. The highest BCUT2D eigenvalue weighted by atomic mass is 19.1. The molecule has 4 nitrogen and oxygen atoms in total. The Balaban J connectivity index is 1.74. The molecule has 1 aliphatic rings. The number of nitrogens with one attached hydrogen (secondary N) is 1. The van der Waals surface area contributed by atoms with Crippen LogP contribution in [0.2, 0.25) is 0 Å². The molecule has 1 fully saturated rings. The lowest BCUT2D eigenvalue weighted by atomic mass is 9.98. The van der Waals surface area contributed by atoms with Crippen LogP contribution in [-0.4, -0.2) is 37.7 Å². The standard InChI is InChI=1S/C15H21FN2O2/c1-20-11-13-6-8-18(9-7-13)15(19)17-10-12-2-4-14(16)5-3-12/h2-5,13H,6-11H2,1H3,(H,17,19). The molecule has 20 heavy (non-hydrogen) atoms. The Hall–Kier alpha value is -1.62. The van der Waals surface area contributed by atoms with Crippen molar-refractivity contribution in [1.82, 2.24) is 10.2 Å². The van der Waals surface area contributed by atoms with Crippen LogP contribution in [0.4, 0.5) is 9.18 Å². The maximum atomic E-state index is 12.8. The van der Waals surface area contributed by atoms with E-state index in [4.69, 9.17) is 4.74 Å². The summed E-state index contributed by atoms with van der Waals surface area (Å²) in [6.45, 7) is 2.73. The lowest BCUT2D eigenvalue weighted by molar-refractivity contribution is 0.107. The van der Waals surface area contributed by atoms with Crippen LogP contribution in [0.15, 0.2) is 24.3 Å². The number of ether oxygens (including phenoxy) is 1. The van der Waals surface area contributed by atoms with E-state index >= 15 is 0 Å². The van der Waals surface area contributed by atoms with E-state index in [0.717, 1.165) is 38.1 Å². The first-order chi connectivity index (χ1) is 9.69. The minimum atomic E-state index is -0.264. The van der Waals surface area contributed by atoms with Gasteiger partial charge in [-0.3, -0.25) is 0 Å². The molecule has 0 aromatic heterocycles. The average molecular weight is 280 g/mol. The molecule has 0 atom stereocenters. The molecule has 0 radical (unpaired) electrons. The van der Waals surface area contributed by atoms with Gasteiger partial charge in [0.15, 0.2) is 0 Å². The van der Waals surface area contributed by atoms with Gasteiger partial charge in [0.25, 0.3) is 0 Å². The normalized spacial score (nSPS) is 16.2. The zero-order chi connectivity index (χ0) is 14.4. The summed E-state index contributed by atoms with van der Waals surface area (Å²) in [5.41, 5.74) is 0.897. The van der Waals surface area contributed by atoms with E-state index in [-0.39, 0.29) is 11.8 Å². The average Bonchev–Trinajstić information content (AvgIpc) is 2.47. The monoisotopic (exact) mass is 280 g/mol. The molecule has 0 unspecified atom stereocenters. The molecule has 1 N–H and O–H groups in total. The number of nitrogens with zero attached hydrogens (tertiary/aromatic N) is 1. The number of piperidine rings is 1. The third kappa shape index (κ3) is 4.20. The van der Waals surface area contributed by atoms with Crippen LogP contribution in [0.1, 0.15) is 18.4 Å². The molecule has 1 heterocycles. The smallest absolute Gasteiger partial charge is 0.317 e. The molecular formula is C15H21FN2O2. The molecule has 1 aromatic carbocycles. The first-order valence-corrected chi connectivity index (χ1v) is 6.95. The fourth-order valence-corrected chi connectivity index (χ4v) is 2.43. The van der Waals surface area contributed by atoms with Crippen molar-refractivity contribution in [2.45, 2.75) is 19.4 Å². The van der Waals surface area contributed by atoms with Gasteiger partial charge < -0.3 is 15.0 Å². The fourth-order valence-electron chi connectivity index (χ4n) is 2.43. The number of likely N-dealkylation sites (tertiary alicyclic amines) is 1. The van der Waals surface area contributed by atoms with E-state index in [1.54, 1.807) is 19.2 Å². The van der Waals surface area contributed by atoms with Crippen molar-refractivity contribution in [3.63, 3.8) is 0 Å². The Morgan fingerprint density at radius 3 is 2.60 bits per heavy atom. The van der Waals surface area contributed by atoms with Gasteiger partial charge >= 0.3 is 6.03 Å². The summed E-state index contributed by atoms with van der Waals surface area (Å²) < 4.78 is 17.9. The summed E-state index contributed by atoms with van der Waals surface area (Å²) in [4.78, 5) is 13.8. The Labute approximate surface area is 118 Å². The molecule has 5 heteroatoms. The van der Waals surface area contributed by atoms with E-state index in [1.165, 1.54) is 12.1 Å². The van der Waals surface area contributed by atoms with Gasteiger partial charge in [-0.1, -0.05) is 12.1 Å². The highest BCUT2D eigenvalue weighted by molar-refractivity contribution is 5.74. The second-order valence-corrected chi connectivity index (χ2v) is 5.17. The van der Waals surface area contributed by atoms with Crippen molar-refractivity contribution in [3.8, 4) is 0 Å². The first kappa shape index (κ1) is 14.8. The fraction of sp³-hybridized carbons (Fsp3) is 0.533. The minimum Gasteiger partial charge on any atom is -0.384 e. The number of benzene rings is 1. The first-order valence-electron chi connectivity index (χ1n) is 6.95. The predicted octanol–water partition coefficient (Wildman–Crippen LogP) is 2.39. The second-order valence-electron chi connectivity index (χ2n) is 5.17.